The summed E-state index contributed by atoms with van der Waals surface area (Å²) < 4.78 is 26.7. The van der Waals surface area contributed by atoms with Crippen LogP contribution in [0, 0.1) is 0 Å². The van der Waals surface area contributed by atoms with E-state index in [-0.39, 0.29) is 0 Å². The van der Waals surface area contributed by atoms with E-state index in [1.165, 1.54) is 11.3 Å². The summed E-state index contributed by atoms with van der Waals surface area (Å²) in [4.78, 5) is 0. The predicted octanol–water partition coefficient (Wildman–Crippen LogP) is 2.37. The van der Waals surface area contributed by atoms with Crippen molar-refractivity contribution in [2.24, 2.45) is 0 Å². The molecule has 0 aliphatic heterocycles. The first-order chi connectivity index (χ1) is 6.58. The zero-order valence-corrected chi connectivity index (χ0v) is 10.6. The highest BCUT2D eigenvalue weighted by atomic mass is 79.9. The summed E-state index contributed by atoms with van der Waals surface area (Å²) in [5.74, 6) is 0. The Bertz CT molecular complexity index is 411. The van der Waals surface area contributed by atoms with Gasteiger partial charge in [-0.3, -0.25) is 0 Å². The van der Waals surface area contributed by atoms with Crippen molar-refractivity contribution >= 4 is 37.3 Å². The lowest BCUT2D eigenvalue weighted by Gasteiger charge is -2.02. The lowest BCUT2D eigenvalue weighted by molar-refractivity contribution is 0.584. The number of thiophene rings is 1. The van der Waals surface area contributed by atoms with E-state index in [4.69, 9.17) is 0 Å². The molecule has 1 aromatic heterocycles. The van der Waals surface area contributed by atoms with Crippen LogP contribution in [0.4, 0.5) is 0 Å². The van der Waals surface area contributed by atoms with Crippen LogP contribution < -0.4 is 4.72 Å². The van der Waals surface area contributed by atoms with Crippen LogP contribution in [0.15, 0.2) is 32.8 Å². The van der Waals surface area contributed by atoms with Gasteiger partial charge >= 0.3 is 0 Å². The lowest BCUT2D eigenvalue weighted by Crippen LogP contribution is -2.23. The maximum absolute atomic E-state index is 11.6. The third-order valence-electron chi connectivity index (χ3n) is 1.47. The minimum Gasteiger partial charge on any atom is -0.210 e. The van der Waals surface area contributed by atoms with Gasteiger partial charge in [0.2, 0.25) is 0 Å². The lowest BCUT2D eigenvalue weighted by atomic mass is 10.4. The second kappa shape index (κ2) is 5.06. The standard InChI is InChI=1S/C8H10BrNO2S2/c1-2-3-5-10-14(11,12)8-7(9)4-6-13-8/h2,4,6,10H,1,3,5H2. The largest absolute Gasteiger partial charge is 0.251 e. The average molecular weight is 296 g/mol. The molecule has 0 fully saturated rings. The normalized spacial score (nSPS) is 11.5. The Morgan fingerprint density at radius 3 is 2.86 bits per heavy atom. The Morgan fingerprint density at radius 2 is 2.36 bits per heavy atom. The summed E-state index contributed by atoms with van der Waals surface area (Å²) in [6.07, 6.45) is 2.30. The SMILES string of the molecule is C=CCCNS(=O)(=O)c1sccc1Br. The van der Waals surface area contributed by atoms with Gasteiger partial charge in [-0.15, -0.1) is 17.9 Å². The highest BCUT2D eigenvalue weighted by Gasteiger charge is 2.17. The molecule has 0 amide bonds. The van der Waals surface area contributed by atoms with Gasteiger partial charge < -0.3 is 0 Å². The fourth-order valence-electron chi connectivity index (χ4n) is 0.832. The van der Waals surface area contributed by atoms with Gasteiger partial charge in [-0.25, -0.2) is 13.1 Å². The highest BCUT2D eigenvalue weighted by Crippen LogP contribution is 2.27. The maximum atomic E-state index is 11.6. The summed E-state index contributed by atoms with van der Waals surface area (Å²) in [5.41, 5.74) is 0. The summed E-state index contributed by atoms with van der Waals surface area (Å²) in [6.45, 7) is 3.90. The van der Waals surface area contributed by atoms with E-state index in [1.54, 1.807) is 17.5 Å². The zero-order chi connectivity index (χ0) is 10.6. The Balaban J connectivity index is 2.76. The van der Waals surface area contributed by atoms with Crippen molar-refractivity contribution in [3.8, 4) is 0 Å². The van der Waals surface area contributed by atoms with Crippen LogP contribution in [0.3, 0.4) is 0 Å². The van der Waals surface area contributed by atoms with Crippen molar-refractivity contribution in [2.45, 2.75) is 10.6 Å². The minimum atomic E-state index is -3.35. The molecule has 0 saturated carbocycles. The van der Waals surface area contributed by atoms with E-state index < -0.39 is 10.0 Å². The predicted molar refractivity (Wildman–Crippen MR) is 62.0 cm³/mol. The molecular formula is C8H10BrNO2S2. The molecule has 0 atom stereocenters. The fraction of sp³-hybridized carbons (Fsp3) is 0.250. The van der Waals surface area contributed by atoms with E-state index >= 15 is 0 Å². The second-order valence-electron chi connectivity index (χ2n) is 2.53. The van der Waals surface area contributed by atoms with Crippen molar-refractivity contribution in [3.63, 3.8) is 0 Å². The van der Waals surface area contributed by atoms with Gasteiger partial charge in [0.1, 0.15) is 4.21 Å². The van der Waals surface area contributed by atoms with Gasteiger partial charge in [-0.05, 0) is 33.8 Å². The van der Waals surface area contributed by atoms with Crippen LogP contribution in [0.1, 0.15) is 6.42 Å². The van der Waals surface area contributed by atoms with E-state index in [2.05, 4.69) is 27.2 Å². The van der Waals surface area contributed by atoms with Crippen LogP contribution in [0.5, 0.6) is 0 Å². The number of rotatable bonds is 5. The van der Waals surface area contributed by atoms with Crippen molar-refractivity contribution in [2.75, 3.05) is 6.54 Å². The van der Waals surface area contributed by atoms with E-state index in [9.17, 15) is 8.42 Å². The van der Waals surface area contributed by atoms with Crippen LogP contribution in [-0.2, 0) is 10.0 Å². The smallest absolute Gasteiger partial charge is 0.210 e. The quantitative estimate of drug-likeness (QED) is 0.670. The number of nitrogens with one attached hydrogen (secondary N) is 1. The minimum absolute atomic E-state index is 0.321. The topological polar surface area (TPSA) is 46.2 Å². The molecule has 0 aromatic carbocycles. The molecule has 0 aliphatic rings. The van der Waals surface area contributed by atoms with Crippen LogP contribution in [0.25, 0.3) is 0 Å². The zero-order valence-electron chi connectivity index (χ0n) is 7.36. The Morgan fingerprint density at radius 1 is 1.64 bits per heavy atom. The second-order valence-corrected chi connectivity index (χ2v) is 6.26. The fourth-order valence-corrected chi connectivity index (χ4v) is 4.26. The van der Waals surface area contributed by atoms with Gasteiger partial charge in [0, 0.05) is 11.0 Å². The number of hydrogen-bond acceptors (Lipinski definition) is 3. The molecule has 0 spiro atoms. The highest BCUT2D eigenvalue weighted by molar-refractivity contribution is 9.10. The Kier molecular flexibility index (Phi) is 4.31. The molecule has 0 saturated heterocycles. The molecule has 78 valence electrons. The summed E-state index contributed by atoms with van der Waals surface area (Å²) in [6, 6.07) is 1.72. The van der Waals surface area contributed by atoms with Crippen LogP contribution in [-0.4, -0.2) is 15.0 Å². The van der Waals surface area contributed by atoms with Gasteiger partial charge in [0.25, 0.3) is 10.0 Å². The average Bonchev–Trinajstić information content (AvgIpc) is 2.52. The Labute approximate surface area is 96.0 Å². The molecular weight excluding hydrogens is 286 g/mol. The molecule has 0 aliphatic carbocycles. The Hall–Kier alpha value is -0.170. The summed E-state index contributed by atoms with van der Waals surface area (Å²) in [5, 5.41) is 1.73. The van der Waals surface area contributed by atoms with Crippen molar-refractivity contribution in [3.05, 3.63) is 28.6 Å². The van der Waals surface area contributed by atoms with Gasteiger partial charge in [0.05, 0.1) is 0 Å². The first-order valence-corrected chi connectivity index (χ1v) is 7.07. The van der Waals surface area contributed by atoms with Gasteiger partial charge in [-0.1, -0.05) is 6.08 Å². The third kappa shape index (κ3) is 2.91. The molecule has 1 N–H and O–H groups in total. The molecule has 14 heavy (non-hydrogen) atoms. The van der Waals surface area contributed by atoms with Crippen LogP contribution in [0.2, 0.25) is 0 Å². The molecule has 1 rings (SSSR count). The molecule has 6 heteroatoms. The van der Waals surface area contributed by atoms with E-state index in [1.807, 2.05) is 0 Å². The molecule has 0 unspecified atom stereocenters. The number of hydrogen-bond donors (Lipinski definition) is 1. The van der Waals surface area contributed by atoms with E-state index in [0.717, 1.165) is 0 Å². The monoisotopic (exact) mass is 295 g/mol. The first-order valence-electron chi connectivity index (χ1n) is 3.91. The molecule has 1 aromatic rings. The molecule has 3 nitrogen and oxygen atoms in total. The van der Waals surface area contributed by atoms with Crippen molar-refractivity contribution in [1.29, 1.82) is 0 Å². The summed E-state index contributed by atoms with van der Waals surface area (Å²) in [7, 11) is -3.35. The third-order valence-corrected chi connectivity index (χ3v) is 5.60. The first kappa shape index (κ1) is 11.9. The van der Waals surface area contributed by atoms with Gasteiger partial charge in [0.15, 0.2) is 0 Å². The van der Waals surface area contributed by atoms with Crippen LogP contribution >= 0.6 is 27.3 Å². The van der Waals surface area contributed by atoms with E-state index in [0.29, 0.717) is 21.6 Å². The molecule has 1 heterocycles. The van der Waals surface area contributed by atoms with Crippen molar-refractivity contribution < 1.29 is 8.42 Å². The number of halogens is 1. The summed E-state index contributed by atoms with van der Waals surface area (Å²) >= 11 is 4.37. The maximum Gasteiger partial charge on any atom is 0.251 e. The molecule has 0 radical (unpaired) electrons. The number of sulfonamides is 1. The molecule has 0 bridgehead atoms. The van der Waals surface area contributed by atoms with Crippen molar-refractivity contribution in [1.82, 2.24) is 4.72 Å². The van der Waals surface area contributed by atoms with Gasteiger partial charge in [-0.2, -0.15) is 0 Å².